The Labute approximate surface area is 113 Å². The van der Waals surface area contributed by atoms with Crippen molar-refractivity contribution in [3.8, 4) is 0 Å². The van der Waals surface area contributed by atoms with Crippen molar-refractivity contribution in [3.05, 3.63) is 35.1 Å². The molecule has 104 valence electrons. The van der Waals surface area contributed by atoms with Gasteiger partial charge in [-0.1, -0.05) is 0 Å². The average molecular weight is 265 g/mol. The topological polar surface area (TPSA) is 40.5 Å². The molecule has 1 heterocycles. The summed E-state index contributed by atoms with van der Waals surface area (Å²) in [5.74, 6) is -0.537. The number of nitrogens with zero attached hydrogens (tertiary/aromatic N) is 1. The Morgan fingerprint density at radius 1 is 1.32 bits per heavy atom. The molecule has 1 atom stereocenters. The Morgan fingerprint density at radius 3 is 2.74 bits per heavy atom. The van der Waals surface area contributed by atoms with Crippen molar-refractivity contribution >= 4 is 5.91 Å². The van der Waals surface area contributed by atoms with E-state index in [1.54, 1.807) is 24.8 Å². The molecule has 0 bridgehead atoms. The number of hydrogen-bond acceptors (Lipinski definition) is 2. The molecule has 1 aromatic carbocycles. The predicted octanol–water partition coefficient (Wildman–Crippen LogP) is 2.51. The van der Waals surface area contributed by atoms with Gasteiger partial charge in [0.1, 0.15) is 5.82 Å². The van der Waals surface area contributed by atoms with Crippen LogP contribution in [0.25, 0.3) is 0 Å². The minimum Gasteiger partial charge on any atom is -0.390 e. The van der Waals surface area contributed by atoms with Gasteiger partial charge in [0, 0.05) is 18.7 Å². The van der Waals surface area contributed by atoms with E-state index in [9.17, 15) is 14.3 Å². The lowest BCUT2D eigenvalue weighted by atomic mass is 9.98. The number of amides is 1. The Morgan fingerprint density at radius 2 is 2.05 bits per heavy atom. The van der Waals surface area contributed by atoms with Gasteiger partial charge < -0.3 is 10.0 Å². The lowest BCUT2D eigenvalue weighted by Gasteiger charge is -2.22. The SMILES string of the molecule is Cc1cc(F)cc(C(=O)N2CCCC(C)(O)CC2)c1. The molecular weight excluding hydrogens is 245 g/mol. The Bertz CT molecular complexity index is 465. The average Bonchev–Trinajstić information content (AvgIpc) is 2.48. The van der Waals surface area contributed by atoms with Crippen LogP contribution in [0.4, 0.5) is 4.39 Å². The Balaban J connectivity index is 2.15. The van der Waals surface area contributed by atoms with Gasteiger partial charge in [-0.05, 0) is 56.9 Å². The van der Waals surface area contributed by atoms with Crippen LogP contribution in [0.1, 0.15) is 42.1 Å². The summed E-state index contributed by atoms with van der Waals surface area (Å²) in [7, 11) is 0. The van der Waals surface area contributed by atoms with Crippen LogP contribution in [0.3, 0.4) is 0 Å². The van der Waals surface area contributed by atoms with Crippen LogP contribution in [-0.4, -0.2) is 34.6 Å². The lowest BCUT2D eigenvalue weighted by Crippen LogP contribution is -2.33. The molecule has 0 aromatic heterocycles. The first-order chi connectivity index (χ1) is 8.87. The standard InChI is InChI=1S/C15H20FNO2/c1-11-8-12(10-13(16)9-11)14(18)17-6-3-4-15(2,19)5-7-17/h8-10,19H,3-7H2,1-2H3. The molecule has 19 heavy (non-hydrogen) atoms. The maximum atomic E-state index is 13.3. The summed E-state index contributed by atoms with van der Waals surface area (Å²) in [6, 6.07) is 4.39. The molecule has 1 fully saturated rings. The number of aryl methyl sites for hydroxylation is 1. The van der Waals surface area contributed by atoms with Crippen LogP contribution in [0.2, 0.25) is 0 Å². The van der Waals surface area contributed by atoms with E-state index >= 15 is 0 Å². The molecule has 2 rings (SSSR count). The summed E-state index contributed by atoms with van der Waals surface area (Å²) < 4.78 is 13.3. The second kappa shape index (κ2) is 5.29. The van der Waals surface area contributed by atoms with Crippen molar-refractivity contribution in [2.75, 3.05) is 13.1 Å². The highest BCUT2D eigenvalue weighted by Gasteiger charge is 2.27. The zero-order valence-electron chi connectivity index (χ0n) is 11.4. The fraction of sp³-hybridized carbons (Fsp3) is 0.533. The quantitative estimate of drug-likeness (QED) is 0.847. The van der Waals surface area contributed by atoms with E-state index in [-0.39, 0.29) is 11.7 Å². The monoisotopic (exact) mass is 265 g/mol. The Hall–Kier alpha value is -1.42. The van der Waals surface area contributed by atoms with E-state index < -0.39 is 5.60 Å². The van der Waals surface area contributed by atoms with Gasteiger partial charge in [0.05, 0.1) is 5.60 Å². The van der Waals surface area contributed by atoms with Gasteiger partial charge in [-0.2, -0.15) is 0 Å². The van der Waals surface area contributed by atoms with Crippen LogP contribution < -0.4 is 0 Å². The number of aliphatic hydroxyl groups is 1. The number of benzene rings is 1. The highest BCUT2D eigenvalue weighted by molar-refractivity contribution is 5.94. The molecule has 1 amide bonds. The summed E-state index contributed by atoms with van der Waals surface area (Å²) in [4.78, 5) is 14.0. The summed E-state index contributed by atoms with van der Waals surface area (Å²) in [5.41, 5.74) is 0.427. The zero-order chi connectivity index (χ0) is 14.0. The molecule has 0 spiro atoms. The van der Waals surface area contributed by atoms with Crippen LogP contribution in [0, 0.1) is 12.7 Å². The van der Waals surface area contributed by atoms with Crippen molar-refractivity contribution in [2.45, 2.75) is 38.7 Å². The van der Waals surface area contributed by atoms with E-state index in [1.165, 1.54) is 12.1 Å². The number of likely N-dealkylation sites (tertiary alicyclic amines) is 1. The molecule has 1 saturated heterocycles. The van der Waals surface area contributed by atoms with Crippen LogP contribution >= 0.6 is 0 Å². The third kappa shape index (κ3) is 3.53. The number of rotatable bonds is 1. The summed E-state index contributed by atoms with van der Waals surface area (Å²) in [6.45, 7) is 4.70. The maximum absolute atomic E-state index is 13.3. The van der Waals surface area contributed by atoms with E-state index in [0.717, 1.165) is 12.0 Å². The van der Waals surface area contributed by atoms with Crippen LogP contribution in [0.5, 0.6) is 0 Å². The van der Waals surface area contributed by atoms with Crippen molar-refractivity contribution in [1.82, 2.24) is 4.90 Å². The van der Waals surface area contributed by atoms with E-state index in [4.69, 9.17) is 0 Å². The van der Waals surface area contributed by atoms with Gasteiger partial charge in [-0.25, -0.2) is 4.39 Å². The third-order valence-corrected chi connectivity index (χ3v) is 3.64. The summed E-state index contributed by atoms with van der Waals surface area (Å²) in [6.07, 6.45) is 2.03. The zero-order valence-corrected chi connectivity index (χ0v) is 11.4. The van der Waals surface area contributed by atoms with Gasteiger partial charge in [-0.3, -0.25) is 4.79 Å². The molecule has 1 aliphatic rings. The molecule has 1 aliphatic heterocycles. The number of carbonyl (C=O) groups is 1. The van der Waals surface area contributed by atoms with Crippen molar-refractivity contribution in [2.24, 2.45) is 0 Å². The van der Waals surface area contributed by atoms with E-state index in [1.807, 2.05) is 0 Å². The molecule has 4 heteroatoms. The molecule has 1 unspecified atom stereocenters. The van der Waals surface area contributed by atoms with E-state index in [0.29, 0.717) is 31.5 Å². The minimum absolute atomic E-state index is 0.152. The number of hydrogen-bond donors (Lipinski definition) is 1. The molecule has 1 N–H and O–H groups in total. The molecule has 3 nitrogen and oxygen atoms in total. The minimum atomic E-state index is -0.702. The molecule has 1 aromatic rings. The van der Waals surface area contributed by atoms with Gasteiger partial charge in [0.25, 0.3) is 5.91 Å². The van der Waals surface area contributed by atoms with Crippen LogP contribution in [0.15, 0.2) is 18.2 Å². The van der Waals surface area contributed by atoms with Gasteiger partial charge in [-0.15, -0.1) is 0 Å². The fourth-order valence-corrected chi connectivity index (χ4v) is 2.51. The second-order valence-electron chi connectivity index (χ2n) is 5.66. The van der Waals surface area contributed by atoms with Crippen LogP contribution in [-0.2, 0) is 0 Å². The first-order valence-corrected chi connectivity index (χ1v) is 6.66. The summed E-state index contributed by atoms with van der Waals surface area (Å²) in [5, 5.41) is 10.0. The maximum Gasteiger partial charge on any atom is 0.253 e. The van der Waals surface area contributed by atoms with E-state index in [2.05, 4.69) is 0 Å². The fourth-order valence-electron chi connectivity index (χ4n) is 2.51. The molecule has 0 radical (unpaired) electrons. The van der Waals surface area contributed by atoms with Gasteiger partial charge in [0.15, 0.2) is 0 Å². The van der Waals surface area contributed by atoms with Gasteiger partial charge >= 0.3 is 0 Å². The largest absolute Gasteiger partial charge is 0.390 e. The van der Waals surface area contributed by atoms with Crippen molar-refractivity contribution in [3.63, 3.8) is 0 Å². The van der Waals surface area contributed by atoms with Crippen molar-refractivity contribution in [1.29, 1.82) is 0 Å². The highest BCUT2D eigenvalue weighted by atomic mass is 19.1. The number of halogens is 1. The van der Waals surface area contributed by atoms with Crippen molar-refractivity contribution < 1.29 is 14.3 Å². The second-order valence-corrected chi connectivity index (χ2v) is 5.66. The Kier molecular flexibility index (Phi) is 3.90. The molecular formula is C15H20FNO2. The smallest absolute Gasteiger partial charge is 0.253 e. The normalized spacial score (nSPS) is 24.1. The first kappa shape index (κ1) is 14.0. The van der Waals surface area contributed by atoms with Gasteiger partial charge in [0.2, 0.25) is 0 Å². The first-order valence-electron chi connectivity index (χ1n) is 6.66. The third-order valence-electron chi connectivity index (χ3n) is 3.64. The molecule has 0 saturated carbocycles. The molecule has 0 aliphatic carbocycles. The summed E-state index contributed by atoms with van der Waals surface area (Å²) >= 11 is 0. The predicted molar refractivity (Wildman–Crippen MR) is 71.5 cm³/mol. The highest BCUT2D eigenvalue weighted by Crippen LogP contribution is 2.22. The lowest BCUT2D eigenvalue weighted by molar-refractivity contribution is 0.0438. The number of carbonyl (C=O) groups excluding carboxylic acids is 1.